The highest BCUT2D eigenvalue weighted by Gasteiger charge is 2.68. The number of ketones is 1. The Hall–Kier alpha value is -1.61. The number of carbonyl (C=O) groups is 1. The highest BCUT2D eigenvalue weighted by atomic mass is 16.5. The third kappa shape index (κ3) is 2.17. The van der Waals surface area contributed by atoms with Crippen LogP contribution in [0.2, 0.25) is 0 Å². The monoisotopic (exact) mass is 325 g/mol. The summed E-state index contributed by atoms with van der Waals surface area (Å²) in [6.07, 6.45) is 3.20. The number of carbonyl (C=O) groups excluding carboxylic acids is 1. The molecule has 0 radical (unpaired) electrons. The fourth-order valence-corrected chi connectivity index (χ4v) is 4.61. The Morgan fingerprint density at radius 3 is 2.54 bits per heavy atom. The van der Waals surface area contributed by atoms with Crippen molar-refractivity contribution in [2.75, 3.05) is 13.2 Å². The molecule has 1 aliphatic carbocycles. The van der Waals surface area contributed by atoms with Crippen LogP contribution in [0.5, 0.6) is 0 Å². The molecule has 4 rings (SSSR count). The third-order valence-corrected chi connectivity index (χ3v) is 6.82. The van der Waals surface area contributed by atoms with E-state index in [0.717, 1.165) is 37.1 Å². The number of fused-ring (bicyclic) bond motifs is 1. The van der Waals surface area contributed by atoms with Gasteiger partial charge in [-0.05, 0) is 23.3 Å². The molecule has 0 N–H and O–H groups in total. The van der Waals surface area contributed by atoms with Crippen LogP contribution >= 0.6 is 0 Å². The lowest BCUT2D eigenvalue weighted by atomic mass is 10.0. The van der Waals surface area contributed by atoms with E-state index in [-0.39, 0.29) is 16.7 Å². The van der Waals surface area contributed by atoms with Gasteiger partial charge in [-0.3, -0.25) is 4.79 Å². The van der Waals surface area contributed by atoms with Crippen LogP contribution in [0, 0.1) is 22.7 Å². The fraction of sp³-hybridized carbons (Fsp3) is 0.571. The van der Waals surface area contributed by atoms with Crippen molar-refractivity contribution < 1.29 is 9.53 Å². The largest absolute Gasteiger partial charge is 0.381 e. The summed E-state index contributed by atoms with van der Waals surface area (Å²) in [5.41, 5.74) is 2.22. The molecule has 1 saturated heterocycles. The minimum Gasteiger partial charge on any atom is -0.381 e. The van der Waals surface area contributed by atoms with Crippen molar-refractivity contribution in [3.8, 4) is 0 Å². The van der Waals surface area contributed by atoms with Gasteiger partial charge in [-0.25, -0.2) is 0 Å². The van der Waals surface area contributed by atoms with Gasteiger partial charge in [-0.1, -0.05) is 45.9 Å². The van der Waals surface area contributed by atoms with Crippen molar-refractivity contribution in [2.45, 2.75) is 40.7 Å². The Labute approximate surface area is 144 Å². The number of rotatable bonds is 4. The minimum absolute atomic E-state index is 0.0760. The van der Waals surface area contributed by atoms with Gasteiger partial charge >= 0.3 is 0 Å². The lowest BCUT2D eigenvalue weighted by molar-refractivity contribution is 0.0946. The summed E-state index contributed by atoms with van der Waals surface area (Å²) >= 11 is 0. The molecule has 1 atom stereocenters. The van der Waals surface area contributed by atoms with Crippen LogP contribution in [-0.2, 0) is 11.3 Å². The first-order chi connectivity index (χ1) is 11.3. The first-order valence-electron chi connectivity index (χ1n) is 9.04. The number of hydrogen-bond acceptors (Lipinski definition) is 2. The van der Waals surface area contributed by atoms with Crippen molar-refractivity contribution in [1.82, 2.24) is 4.57 Å². The molecule has 3 nitrogen and oxygen atoms in total. The molecule has 128 valence electrons. The Bertz CT molecular complexity index is 779. The van der Waals surface area contributed by atoms with Gasteiger partial charge < -0.3 is 9.30 Å². The molecule has 2 aromatic rings. The highest BCUT2D eigenvalue weighted by molar-refractivity contribution is 6.11. The topological polar surface area (TPSA) is 31.2 Å². The molecule has 0 spiro atoms. The second kappa shape index (κ2) is 5.19. The Morgan fingerprint density at radius 1 is 1.21 bits per heavy atom. The van der Waals surface area contributed by atoms with E-state index in [1.54, 1.807) is 0 Å². The molecule has 1 unspecified atom stereocenters. The van der Waals surface area contributed by atoms with Crippen molar-refractivity contribution >= 4 is 16.7 Å². The van der Waals surface area contributed by atoms with Crippen molar-refractivity contribution in [2.24, 2.45) is 22.7 Å². The normalized spacial score (nSPS) is 25.2. The van der Waals surface area contributed by atoms with E-state index in [1.165, 1.54) is 5.52 Å². The molecule has 0 bridgehead atoms. The predicted molar refractivity (Wildman–Crippen MR) is 96.2 cm³/mol. The van der Waals surface area contributed by atoms with E-state index in [0.29, 0.717) is 11.7 Å². The molecule has 0 amide bonds. The summed E-state index contributed by atoms with van der Waals surface area (Å²) in [5.74, 6) is 0.972. The van der Waals surface area contributed by atoms with E-state index < -0.39 is 0 Å². The zero-order valence-electron chi connectivity index (χ0n) is 15.1. The summed E-state index contributed by atoms with van der Waals surface area (Å²) in [6.45, 7) is 11.5. The molecule has 1 aromatic heterocycles. The Balaban J connectivity index is 1.72. The standard InChI is InChI=1S/C21H27NO2/c1-20(2)19(21(20,3)4)18(23)16-12-22(11-14-9-10-24-13-14)17-8-6-5-7-15(16)17/h5-8,12,14,19H,9-11,13H2,1-4H3. The first kappa shape index (κ1) is 15.9. The lowest BCUT2D eigenvalue weighted by Crippen LogP contribution is -2.10. The fourth-order valence-electron chi connectivity index (χ4n) is 4.61. The maximum atomic E-state index is 13.3. The number of para-hydroxylation sites is 1. The molecule has 1 saturated carbocycles. The van der Waals surface area contributed by atoms with Gasteiger partial charge in [0.2, 0.25) is 0 Å². The maximum Gasteiger partial charge on any atom is 0.169 e. The summed E-state index contributed by atoms with van der Waals surface area (Å²) in [6, 6.07) is 8.31. The summed E-state index contributed by atoms with van der Waals surface area (Å²) in [5, 5.41) is 1.10. The van der Waals surface area contributed by atoms with Crippen LogP contribution in [0.3, 0.4) is 0 Å². The third-order valence-electron chi connectivity index (χ3n) is 6.82. The smallest absolute Gasteiger partial charge is 0.169 e. The SMILES string of the molecule is CC1(C)C(C(=O)c2cn(CC3CCOC3)c3ccccc23)C1(C)C. The summed E-state index contributed by atoms with van der Waals surface area (Å²) in [7, 11) is 0. The van der Waals surface area contributed by atoms with Crippen LogP contribution in [0.4, 0.5) is 0 Å². The van der Waals surface area contributed by atoms with Gasteiger partial charge in [0, 0.05) is 47.7 Å². The Morgan fingerprint density at radius 2 is 1.92 bits per heavy atom. The zero-order chi connectivity index (χ0) is 17.1. The number of benzene rings is 1. The van der Waals surface area contributed by atoms with Crippen molar-refractivity contribution in [3.05, 3.63) is 36.0 Å². The van der Waals surface area contributed by atoms with Crippen molar-refractivity contribution in [3.63, 3.8) is 0 Å². The molecule has 1 aromatic carbocycles. The molecule has 2 aliphatic rings. The van der Waals surface area contributed by atoms with Crippen LogP contribution < -0.4 is 0 Å². The average molecular weight is 325 g/mol. The predicted octanol–water partition coefficient (Wildman–Crippen LogP) is 4.54. The van der Waals surface area contributed by atoms with Gasteiger partial charge in [-0.2, -0.15) is 0 Å². The highest BCUT2D eigenvalue weighted by Crippen LogP contribution is 2.69. The van der Waals surface area contributed by atoms with Crippen molar-refractivity contribution in [1.29, 1.82) is 0 Å². The number of hydrogen-bond donors (Lipinski definition) is 0. The molecule has 3 heteroatoms. The Kier molecular flexibility index (Phi) is 3.44. The lowest BCUT2D eigenvalue weighted by Gasteiger charge is -2.10. The molecule has 1 aliphatic heterocycles. The van der Waals surface area contributed by atoms with E-state index in [2.05, 4.69) is 56.7 Å². The van der Waals surface area contributed by atoms with Gasteiger partial charge in [-0.15, -0.1) is 0 Å². The number of ether oxygens (including phenoxy) is 1. The second-order valence-electron chi connectivity index (χ2n) is 8.68. The summed E-state index contributed by atoms with van der Waals surface area (Å²) in [4.78, 5) is 13.3. The molecule has 2 fully saturated rings. The maximum absolute atomic E-state index is 13.3. The second-order valence-corrected chi connectivity index (χ2v) is 8.68. The molecular formula is C21H27NO2. The van der Waals surface area contributed by atoms with Gasteiger partial charge in [0.1, 0.15) is 0 Å². The zero-order valence-corrected chi connectivity index (χ0v) is 15.1. The first-order valence-corrected chi connectivity index (χ1v) is 9.04. The minimum atomic E-state index is 0.0760. The quantitative estimate of drug-likeness (QED) is 0.773. The summed E-state index contributed by atoms with van der Waals surface area (Å²) < 4.78 is 7.79. The average Bonchev–Trinajstić information content (AvgIpc) is 2.99. The number of nitrogens with zero attached hydrogens (tertiary/aromatic N) is 1. The number of aromatic nitrogens is 1. The molecule has 24 heavy (non-hydrogen) atoms. The van der Waals surface area contributed by atoms with Gasteiger partial charge in [0.05, 0.1) is 6.61 Å². The molecular weight excluding hydrogens is 298 g/mol. The van der Waals surface area contributed by atoms with E-state index in [9.17, 15) is 4.79 Å². The van der Waals surface area contributed by atoms with Crippen LogP contribution in [0.1, 0.15) is 44.5 Å². The number of Topliss-reactive ketones (excluding diaryl/α,β-unsaturated/α-hetero) is 1. The van der Waals surface area contributed by atoms with Crippen LogP contribution in [-0.4, -0.2) is 23.6 Å². The van der Waals surface area contributed by atoms with Crippen LogP contribution in [0.15, 0.2) is 30.5 Å². The van der Waals surface area contributed by atoms with Gasteiger partial charge in [0.15, 0.2) is 5.78 Å². The van der Waals surface area contributed by atoms with E-state index in [1.807, 2.05) is 6.07 Å². The van der Waals surface area contributed by atoms with E-state index in [4.69, 9.17) is 4.74 Å². The van der Waals surface area contributed by atoms with Crippen LogP contribution in [0.25, 0.3) is 10.9 Å². The van der Waals surface area contributed by atoms with Gasteiger partial charge in [0.25, 0.3) is 0 Å². The van der Waals surface area contributed by atoms with E-state index >= 15 is 0 Å². The molecule has 2 heterocycles.